The molecule has 0 aliphatic carbocycles. The Morgan fingerprint density at radius 2 is 2.06 bits per heavy atom. The van der Waals surface area contributed by atoms with Crippen LogP contribution in [0.5, 0.6) is 0 Å². The Balaban J connectivity index is 2.59. The molecule has 0 radical (unpaired) electrons. The molecule has 0 unspecified atom stereocenters. The highest BCUT2D eigenvalue weighted by atomic mass is 16.3. The van der Waals surface area contributed by atoms with Gasteiger partial charge in [-0.05, 0) is 26.7 Å². The first-order valence-electron chi connectivity index (χ1n) is 6.46. The number of aromatic nitrogens is 2. The summed E-state index contributed by atoms with van der Waals surface area (Å²) in [4.78, 5) is 0. The first-order valence-corrected chi connectivity index (χ1v) is 6.46. The molecule has 0 saturated heterocycles. The number of nitrogens with one attached hydrogen (secondary N) is 1. The van der Waals surface area contributed by atoms with Crippen molar-refractivity contribution < 1.29 is 5.11 Å². The van der Waals surface area contributed by atoms with E-state index in [0.29, 0.717) is 6.04 Å². The maximum Gasteiger partial charge on any atom is 0.148 e. The molecule has 0 aromatic carbocycles. The second-order valence-corrected chi connectivity index (χ2v) is 4.99. The number of aliphatic hydroxyl groups is 1. The largest absolute Gasteiger partial charge is 0.396 e. The van der Waals surface area contributed by atoms with Crippen LogP contribution < -0.4 is 5.32 Å². The maximum atomic E-state index is 9.48. The van der Waals surface area contributed by atoms with E-state index in [2.05, 4.69) is 38.1 Å². The van der Waals surface area contributed by atoms with Crippen LogP contribution in [0.4, 0.5) is 5.82 Å². The highest BCUT2D eigenvalue weighted by Crippen LogP contribution is 2.25. The van der Waals surface area contributed by atoms with Gasteiger partial charge in [0.15, 0.2) is 0 Å². The van der Waals surface area contributed by atoms with Gasteiger partial charge in [-0.2, -0.15) is 5.10 Å². The lowest BCUT2D eigenvalue weighted by Gasteiger charge is -2.29. The second-order valence-electron chi connectivity index (χ2n) is 4.99. The number of anilines is 1. The van der Waals surface area contributed by atoms with Gasteiger partial charge in [-0.25, -0.2) is 0 Å². The molecule has 1 rings (SSSR count). The molecule has 2 N–H and O–H groups in total. The average molecular weight is 239 g/mol. The van der Waals surface area contributed by atoms with E-state index in [-0.39, 0.29) is 12.0 Å². The van der Waals surface area contributed by atoms with E-state index < -0.39 is 0 Å². The van der Waals surface area contributed by atoms with Gasteiger partial charge in [-0.3, -0.25) is 4.68 Å². The Bertz CT molecular complexity index is 321. The molecule has 4 nitrogen and oxygen atoms in total. The summed E-state index contributed by atoms with van der Waals surface area (Å²) in [5.41, 5.74) is -0.0262. The summed E-state index contributed by atoms with van der Waals surface area (Å²) >= 11 is 0. The SMILES string of the molecule is CCC(CC)(CO)CNc1ccn(C(C)C)n1. The van der Waals surface area contributed by atoms with Gasteiger partial charge in [0.25, 0.3) is 0 Å². The standard InChI is InChI=1S/C13H25N3O/c1-5-13(6-2,10-17)9-14-12-7-8-16(15-12)11(3)4/h7-8,11,17H,5-6,9-10H2,1-4H3,(H,14,15). The molecule has 1 aromatic heterocycles. The summed E-state index contributed by atoms with van der Waals surface area (Å²) in [6.45, 7) is 9.44. The van der Waals surface area contributed by atoms with E-state index >= 15 is 0 Å². The molecule has 98 valence electrons. The quantitative estimate of drug-likeness (QED) is 0.769. The zero-order chi connectivity index (χ0) is 12.9. The molecule has 1 heterocycles. The van der Waals surface area contributed by atoms with E-state index in [1.54, 1.807) is 0 Å². The highest BCUT2D eigenvalue weighted by Gasteiger charge is 2.25. The smallest absolute Gasteiger partial charge is 0.148 e. The fraction of sp³-hybridized carbons (Fsp3) is 0.769. The van der Waals surface area contributed by atoms with Crippen molar-refractivity contribution in [3.63, 3.8) is 0 Å². The summed E-state index contributed by atoms with van der Waals surface area (Å²) in [7, 11) is 0. The Kier molecular flexibility index (Phi) is 5.00. The maximum absolute atomic E-state index is 9.48. The zero-order valence-electron chi connectivity index (χ0n) is 11.4. The third-order valence-electron chi connectivity index (χ3n) is 3.62. The topological polar surface area (TPSA) is 50.1 Å². The molecular formula is C13H25N3O. The minimum atomic E-state index is -0.0262. The highest BCUT2D eigenvalue weighted by molar-refractivity contribution is 5.32. The van der Waals surface area contributed by atoms with E-state index in [9.17, 15) is 5.11 Å². The third-order valence-corrected chi connectivity index (χ3v) is 3.62. The number of hydrogen-bond acceptors (Lipinski definition) is 3. The van der Waals surface area contributed by atoms with Gasteiger partial charge in [0.05, 0.1) is 6.61 Å². The number of nitrogens with zero attached hydrogens (tertiary/aromatic N) is 2. The molecule has 0 atom stereocenters. The van der Waals surface area contributed by atoms with Gasteiger partial charge in [0.1, 0.15) is 5.82 Å². The lowest BCUT2D eigenvalue weighted by atomic mass is 9.83. The van der Waals surface area contributed by atoms with Gasteiger partial charge in [0.2, 0.25) is 0 Å². The molecule has 0 aliphatic rings. The van der Waals surface area contributed by atoms with Crippen molar-refractivity contribution >= 4 is 5.82 Å². The van der Waals surface area contributed by atoms with Crippen molar-refractivity contribution in [1.29, 1.82) is 0 Å². The molecule has 0 bridgehead atoms. The molecule has 0 fully saturated rings. The van der Waals surface area contributed by atoms with Gasteiger partial charge in [0, 0.05) is 30.3 Å². The van der Waals surface area contributed by atoms with E-state index in [1.807, 2.05) is 16.9 Å². The van der Waals surface area contributed by atoms with Crippen LogP contribution in [0, 0.1) is 5.41 Å². The monoisotopic (exact) mass is 239 g/mol. The van der Waals surface area contributed by atoms with Crippen LogP contribution in [0.3, 0.4) is 0 Å². The van der Waals surface area contributed by atoms with E-state index in [0.717, 1.165) is 25.2 Å². The van der Waals surface area contributed by atoms with Gasteiger partial charge < -0.3 is 10.4 Å². The Labute approximate surface area is 104 Å². The lowest BCUT2D eigenvalue weighted by molar-refractivity contribution is 0.127. The predicted molar refractivity (Wildman–Crippen MR) is 71.2 cm³/mol. The third kappa shape index (κ3) is 3.46. The van der Waals surface area contributed by atoms with E-state index in [4.69, 9.17) is 0 Å². The van der Waals surface area contributed by atoms with Crippen LogP contribution in [-0.4, -0.2) is 28.0 Å². The summed E-state index contributed by atoms with van der Waals surface area (Å²) in [6.07, 6.45) is 3.92. The Hall–Kier alpha value is -1.03. The van der Waals surface area contributed by atoms with Crippen LogP contribution in [0.25, 0.3) is 0 Å². The fourth-order valence-corrected chi connectivity index (χ4v) is 1.78. The van der Waals surface area contributed by atoms with E-state index in [1.165, 1.54) is 0 Å². The predicted octanol–water partition coefficient (Wildman–Crippen LogP) is 2.67. The van der Waals surface area contributed by atoms with Gasteiger partial charge in [-0.15, -0.1) is 0 Å². The minimum Gasteiger partial charge on any atom is -0.396 e. The van der Waals surface area contributed by atoms with Crippen LogP contribution in [0.1, 0.15) is 46.6 Å². The Morgan fingerprint density at radius 1 is 1.41 bits per heavy atom. The van der Waals surface area contributed by atoms with Crippen LogP contribution >= 0.6 is 0 Å². The van der Waals surface area contributed by atoms with Crippen molar-refractivity contribution in [3.8, 4) is 0 Å². The molecule has 0 aliphatic heterocycles. The lowest BCUT2D eigenvalue weighted by Crippen LogP contribution is -2.32. The van der Waals surface area contributed by atoms with Crippen molar-refractivity contribution in [2.75, 3.05) is 18.5 Å². The van der Waals surface area contributed by atoms with Crippen LogP contribution in [0.15, 0.2) is 12.3 Å². The van der Waals surface area contributed by atoms with Crippen molar-refractivity contribution in [2.24, 2.45) is 5.41 Å². The number of aliphatic hydroxyl groups excluding tert-OH is 1. The zero-order valence-corrected chi connectivity index (χ0v) is 11.4. The first-order chi connectivity index (χ1) is 8.06. The molecule has 1 aromatic rings. The summed E-state index contributed by atoms with van der Waals surface area (Å²) in [6, 6.07) is 2.36. The molecule has 0 amide bonds. The number of rotatable bonds is 7. The fourth-order valence-electron chi connectivity index (χ4n) is 1.78. The van der Waals surface area contributed by atoms with Gasteiger partial charge in [-0.1, -0.05) is 13.8 Å². The Morgan fingerprint density at radius 3 is 2.47 bits per heavy atom. The van der Waals surface area contributed by atoms with Crippen molar-refractivity contribution in [2.45, 2.75) is 46.6 Å². The molecule has 0 spiro atoms. The van der Waals surface area contributed by atoms with Crippen LogP contribution in [0.2, 0.25) is 0 Å². The summed E-state index contributed by atoms with van der Waals surface area (Å²) in [5.74, 6) is 0.887. The van der Waals surface area contributed by atoms with Crippen molar-refractivity contribution in [3.05, 3.63) is 12.3 Å². The molecule has 4 heteroatoms. The number of hydrogen-bond donors (Lipinski definition) is 2. The minimum absolute atomic E-state index is 0.0262. The van der Waals surface area contributed by atoms with Crippen LogP contribution in [-0.2, 0) is 0 Å². The summed E-state index contributed by atoms with van der Waals surface area (Å²) in [5, 5.41) is 17.2. The van der Waals surface area contributed by atoms with Crippen molar-refractivity contribution in [1.82, 2.24) is 9.78 Å². The molecular weight excluding hydrogens is 214 g/mol. The average Bonchev–Trinajstić information content (AvgIpc) is 2.81. The van der Waals surface area contributed by atoms with Gasteiger partial charge >= 0.3 is 0 Å². The molecule has 17 heavy (non-hydrogen) atoms. The first kappa shape index (κ1) is 14.0. The molecule has 0 saturated carbocycles. The summed E-state index contributed by atoms with van der Waals surface area (Å²) < 4.78 is 1.93. The second kappa shape index (κ2) is 6.05. The normalized spacial score (nSPS) is 12.1.